The lowest BCUT2D eigenvalue weighted by molar-refractivity contribution is 0.499. The van der Waals surface area contributed by atoms with Gasteiger partial charge in [-0.1, -0.05) is 28.9 Å². The lowest BCUT2D eigenvalue weighted by Crippen LogP contribution is -2.27. The van der Waals surface area contributed by atoms with Gasteiger partial charge in [-0.2, -0.15) is 0 Å². The zero-order valence-electron chi connectivity index (χ0n) is 10.4. The van der Waals surface area contributed by atoms with E-state index in [0.717, 1.165) is 29.7 Å². The molecular weight excluding hydrogens is 290 g/mol. The summed E-state index contributed by atoms with van der Waals surface area (Å²) in [6.07, 6.45) is 5.06. The van der Waals surface area contributed by atoms with Crippen LogP contribution < -0.4 is 5.32 Å². The van der Waals surface area contributed by atoms with E-state index >= 15 is 0 Å². The Balaban J connectivity index is 2.06. The monoisotopic (exact) mass is 305 g/mol. The van der Waals surface area contributed by atoms with Crippen LogP contribution in [-0.2, 0) is 5.41 Å². The molecule has 4 heteroatoms. The maximum atomic E-state index is 4.34. The van der Waals surface area contributed by atoms with Crippen LogP contribution in [0.4, 0.5) is 0 Å². The van der Waals surface area contributed by atoms with E-state index in [1.807, 2.05) is 18.6 Å². The molecule has 94 valence electrons. The van der Waals surface area contributed by atoms with E-state index in [1.165, 1.54) is 5.69 Å². The van der Waals surface area contributed by atoms with Crippen molar-refractivity contribution in [2.24, 2.45) is 0 Å². The minimum atomic E-state index is 0.179. The first-order chi connectivity index (χ1) is 8.69. The molecule has 1 N–H and O–H groups in total. The van der Waals surface area contributed by atoms with E-state index in [-0.39, 0.29) is 5.41 Å². The van der Waals surface area contributed by atoms with Crippen molar-refractivity contribution in [3.63, 3.8) is 0 Å². The summed E-state index contributed by atoms with van der Waals surface area (Å²) >= 11 is 3.52. The molecule has 18 heavy (non-hydrogen) atoms. The van der Waals surface area contributed by atoms with Crippen molar-refractivity contribution in [1.82, 2.24) is 14.9 Å². The average molecular weight is 306 g/mol. The molecule has 1 aromatic carbocycles. The first-order valence-corrected chi connectivity index (χ1v) is 6.98. The smallest absolute Gasteiger partial charge is 0.0994 e. The highest BCUT2D eigenvalue weighted by molar-refractivity contribution is 9.10. The molecule has 2 aromatic rings. The van der Waals surface area contributed by atoms with E-state index in [2.05, 4.69) is 55.9 Å². The zero-order chi connectivity index (χ0) is 12.6. The predicted octanol–water partition coefficient (Wildman–Crippen LogP) is 2.89. The Hall–Kier alpha value is -1.13. The fourth-order valence-corrected chi connectivity index (χ4v) is 3.00. The number of benzene rings is 1. The largest absolute Gasteiger partial charge is 0.316 e. The van der Waals surface area contributed by atoms with Crippen molar-refractivity contribution in [2.45, 2.75) is 18.8 Å². The molecule has 0 aliphatic carbocycles. The van der Waals surface area contributed by atoms with Gasteiger partial charge in [0.1, 0.15) is 0 Å². The lowest BCUT2D eigenvalue weighted by atomic mass is 9.86. The summed E-state index contributed by atoms with van der Waals surface area (Å²) in [5.41, 5.74) is 2.62. The Morgan fingerprint density at radius 1 is 1.44 bits per heavy atom. The van der Waals surface area contributed by atoms with Crippen LogP contribution in [0.25, 0.3) is 5.69 Å². The molecule has 0 amide bonds. The molecule has 1 atom stereocenters. The molecule has 0 saturated carbocycles. The number of rotatable bonds is 2. The second-order valence-electron chi connectivity index (χ2n) is 5.12. The molecule has 1 saturated heterocycles. The number of hydrogen-bond donors (Lipinski definition) is 1. The second kappa shape index (κ2) is 4.52. The normalized spacial score (nSPS) is 23.4. The summed E-state index contributed by atoms with van der Waals surface area (Å²) in [6.45, 7) is 4.41. The van der Waals surface area contributed by atoms with E-state index in [9.17, 15) is 0 Å². The average Bonchev–Trinajstić information content (AvgIpc) is 2.98. The Bertz CT molecular complexity index is 556. The summed E-state index contributed by atoms with van der Waals surface area (Å²) in [5.74, 6) is 0. The molecule has 3 rings (SSSR count). The summed E-state index contributed by atoms with van der Waals surface area (Å²) in [5, 5.41) is 3.44. The van der Waals surface area contributed by atoms with E-state index in [1.54, 1.807) is 0 Å². The lowest BCUT2D eigenvalue weighted by Gasteiger charge is -2.24. The van der Waals surface area contributed by atoms with Crippen LogP contribution in [0.3, 0.4) is 0 Å². The molecule has 1 aliphatic heterocycles. The minimum Gasteiger partial charge on any atom is -0.316 e. The topological polar surface area (TPSA) is 29.9 Å². The first kappa shape index (κ1) is 11.9. The number of halogens is 1. The van der Waals surface area contributed by atoms with Gasteiger partial charge < -0.3 is 9.88 Å². The van der Waals surface area contributed by atoms with Gasteiger partial charge in [0.15, 0.2) is 0 Å². The van der Waals surface area contributed by atoms with Crippen molar-refractivity contribution in [3.8, 4) is 5.69 Å². The Morgan fingerprint density at radius 3 is 3.06 bits per heavy atom. The third kappa shape index (κ3) is 1.99. The fraction of sp³-hybridized carbons (Fsp3) is 0.357. The molecule has 1 fully saturated rings. The summed E-state index contributed by atoms with van der Waals surface area (Å²) in [4.78, 5) is 4.34. The maximum Gasteiger partial charge on any atom is 0.0994 e. The van der Waals surface area contributed by atoms with Gasteiger partial charge in [0.05, 0.1) is 6.33 Å². The molecule has 2 heterocycles. The number of nitrogens with zero attached hydrogens (tertiary/aromatic N) is 2. The van der Waals surface area contributed by atoms with Crippen LogP contribution in [0.1, 0.15) is 19.0 Å². The van der Waals surface area contributed by atoms with E-state index < -0.39 is 0 Å². The van der Waals surface area contributed by atoms with Crippen molar-refractivity contribution in [2.75, 3.05) is 13.1 Å². The molecule has 0 bridgehead atoms. The Labute approximate surface area is 115 Å². The van der Waals surface area contributed by atoms with Crippen LogP contribution in [0, 0.1) is 0 Å². The molecule has 3 nitrogen and oxygen atoms in total. The SMILES string of the molecule is CC1(c2cncn2-c2cccc(Br)c2)CCNC1. The third-order valence-electron chi connectivity index (χ3n) is 3.71. The van der Waals surface area contributed by atoms with Gasteiger partial charge in [-0.3, -0.25) is 0 Å². The highest BCUT2D eigenvalue weighted by Gasteiger charge is 2.33. The highest BCUT2D eigenvalue weighted by atomic mass is 79.9. The van der Waals surface area contributed by atoms with Gasteiger partial charge in [-0.15, -0.1) is 0 Å². The van der Waals surface area contributed by atoms with Crippen molar-refractivity contribution in [3.05, 3.63) is 47.0 Å². The number of nitrogens with one attached hydrogen (secondary N) is 1. The van der Waals surface area contributed by atoms with E-state index in [0.29, 0.717) is 0 Å². The zero-order valence-corrected chi connectivity index (χ0v) is 11.9. The van der Waals surface area contributed by atoms with Gasteiger partial charge in [0.2, 0.25) is 0 Å². The van der Waals surface area contributed by atoms with Crippen LogP contribution in [-0.4, -0.2) is 22.6 Å². The van der Waals surface area contributed by atoms with Gasteiger partial charge in [0, 0.05) is 34.0 Å². The standard InChI is InChI=1S/C14H16BrN3/c1-14(5-6-16-9-14)13-8-17-10-18(13)12-4-2-3-11(15)7-12/h2-4,7-8,10,16H,5-6,9H2,1H3. The second-order valence-corrected chi connectivity index (χ2v) is 6.03. The quantitative estimate of drug-likeness (QED) is 0.924. The maximum absolute atomic E-state index is 4.34. The van der Waals surface area contributed by atoms with Crippen LogP contribution in [0.15, 0.2) is 41.3 Å². The number of hydrogen-bond acceptors (Lipinski definition) is 2. The van der Waals surface area contributed by atoms with Crippen molar-refractivity contribution in [1.29, 1.82) is 0 Å². The molecule has 0 spiro atoms. The molecule has 1 aromatic heterocycles. The Morgan fingerprint density at radius 2 is 2.33 bits per heavy atom. The summed E-state index contributed by atoms with van der Waals surface area (Å²) in [6, 6.07) is 8.33. The Kier molecular flexibility index (Phi) is 2.99. The highest BCUT2D eigenvalue weighted by Crippen LogP contribution is 2.31. The number of aromatic nitrogens is 2. The van der Waals surface area contributed by atoms with Crippen LogP contribution in [0.5, 0.6) is 0 Å². The first-order valence-electron chi connectivity index (χ1n) is 6.19. The van der Waals surface area contributed by atoms with Crippen molar-refractivity contribution >= 4 is 15.9 Å². The molecule has 1 aliphatic rings. The van der Waals surface area contributed by atoms with Crippen LogP contribution in [0.2, 0.25) is 0 Å². The van der Waals surface area contributed by atoms with E-state index in [4.69, 9.17) is 0 Å². The van der Waals surface area contributed by atoms with Gasteiger partial charge in [-0.25, -0.2) is 4.98 Å². The van der Waals surface area contributed by atoms with Gasteiger partial charge >= 0.3 is 0 Å². The van der Waals surface area contributed by atoms with Gasteiger partial charge in [0.25, 0.3) is 0 Å². The summed E-state index contributed by atoms with van der Waals surface area (Å²) in [7, 11) is 0. The van der Waals surface area contributed by atoms with Crippen LogP contribution >= 0.6 is 15.9 Å². The fourth-order valence-electron chi connectivity index (χ4n) is 2.61. The van der Waals surface area contributed by atoms with Gasteiger partial charge in [-0.05, 0) is 31.2 Å². The minimum absolute atomic E-state index is 0.179. The number of imidazole rings is 1. The predicted molar refractivity (Wildman–Crippen MR) is 76.1 cm³/mol. The van der Waals surface area contributed by atoms with Crippen molar-refractivity contribution < 1.29 is 0 Å². The molecule has 1 unspecified atom stereocenters. The third-order valence-corrected chi connectivity index (χ3v) is 4.21. The summed E-state index contributed by atoms with van der Waals surface area (Å²) < 4.78 is 3.28. The molecule has 0 radical (unpaired) electrons. The molecular formula is C14H16BrN3.